The molecule has 17 heteroatoms. The van der Waals surface area contributed by atoms with Crippen LogP contribution in [0.4, 0.5) is 0 Å². The number of aromatic nitrogens is 1. The molecule has 0 saturated carbocycles. The van der Waals surface area contributed by atoms with Gasteiger partial charge in [-0.3, -0.25) is 29.2 Å². The van der Waals surface area contributed by atoms with Gasteiger partial charge in [0.1, 0.15) is 23.5 Å². The zero-order valence-corrected chi connectivity index (χ0v) is 33.3. The number of hydrogen-bond acceptors (Lipinski definition) is 10. The van der Waals surface area contributed by atoms with E-state index >= 15 is 0 Å². The third kappa shape index (κ3) is 10.5. The first-order chi connectivity index (χ1) is 26.9. The molecule has 5 unspecified atom stereocenters. The van der Waals surface area contributed by atoms with Gasteiger partial charge in [0.05, 0.1) is 29.1 Å². The minimum atomic E-state index is -1.78. The average molecular weight is 806 g/mol. The fourth-order valence-electron chi connectivity index (χ4n) is 6.60. The maximum absolute atomic E-state index is 14.5. The Hall–Kier alpha value is -5.55. The monoisotopic (exact) mass is 805 g/mol. The summed E-state index contributed by atoms with van der Waals surface area (Å²) in [4.78, 5) is 65.0. The smallest absolute Gasteiger partial charge is 0.267 e. The molecule has 1 saturated heterocycles. The number of guanidine groups is 1. The number of unbranched alkanes of at least 4 members (excludes halogenated alkanes) is 1. The van der Waals surface area contributed by atoms with E-state index in [1.807, 2.05) is 24.3 Å². The zero-order valence-electron chi connectivity index (χ0n) is 32.5. The fraction of sp³-hybridized carbons (Fsp3) is 0.400. The number of carbonyl (C=O) groups excluding carboxylic acids is 4. The number of nitrogens with one attached hydrogen (secondary N) is 3. The number of rotatable bonds is 16. The third-order valence-corrected chi connectivity index (χ3v) is 10.2. The summed E-state index contributed by atoms with van der Waals surface area (Å²) in [5.74, 6) is -3.67. The molecule has 57 heavy (non-hydrogen) atoms. The molecular weight excluding hydrogens is 754 g/mol. The van der Waals surface area contributed by atoms with Crippen molar-refractivity contribution in [1.82, 2.24) is 25.8 Å². The van der Waals surface area contributed by atoms with E-state index in [2.05, 4.69) is 32.5 Å². The van der Waals surface area contributed by atoms with Crippen LogP contribution in [0.1, 0.15) is 62.9 Å². The van der Waals surface area contributed by atoms with Crippen LogP contribution in [0.25, 0.3) is 27.6 Å². The number of aromatic hydroxyl groups is 1. The summed E-state index contributed by atoms with van der Waals surface area (Å²) < 4.78 is 0. The van der Waals surface area contributed by atoms with E-state index in [0.29, 0.717) is 59.1 Å². The van der Waals surface area contributed by atoms with Crippen molar-refractivity contribution >= 4 is 57.7 Å². The number of pyridine rings is 1. The van der Waals surface area contributed by atoms with E-state index in [9.17, 15) is 34.5 Å². The standard InChI is InChI=1S/C40H52ClN9O7/c1-21(2)26-19-46-27-11-7-6-10-24(27)30(26)25-18-23(12-13-28(25)51)35(53)49-33(31(41)29(52)20-47-39(43)44)38(56)50-17-14-40(5,57)34(50)37(55)48-32(22(3)4)36(54)45-16-9-8-15-42/h6-7,10-13,18-19,29,31,33-34,51-52,57H,1,8-9,14-17,20,42H2,2-5H3,(H,45,54)(H,48,55)(H,49,53)(H4,43,44,47). The lowest BCUT2D eigenvalue weighted by atomic mass is 9.91. The number of phenols is 1. The molecule has 4 amide bonds. The SMILES string of the molecule is C=C(C)c1cnc2ccccc2c1-c1cc(C(=O)NC(C(=O)N2CCC(C)(O)C2C(=O)NC(C(=O)NCCCCN)=C(C)C)C(Cl)C(O)CN=C(N)N)ccc1O. The predicted octanol–water partition coefficient (Wildman–Crippen LogP) is 1.60. The van der Waals surface area contributed by atoms with Crippen LogP contribution < -0.4 is 33.2 Å². The van der Waals surface area contributed by atoms with Gasteiger partial charge in [-0.15, -0.1) is 11.6 Å². The number of carbonyl (C=O) groups is 4. The number of para-hydroxylation sites is 1. The molecule has 12 N–H and O–H groups in total. The Morgan fingerprint density at radius 2 is 1.82 bits per heavy atom. The van der Waals surface area contributed by atoms with Gasteiger partial charge in [0.15, 0.2) is 5.96 Å². The second-order valence-corrected chi connectivity index (χ2v) is 15.0. The molecule has 5 atom stereocenters. The van der Waals surface area contributed by atoms with Crippen LogP contribution in [0.3, 0.4) is 0 Å². The molecule has 0 radical (unpaired) electrons. The molecule has 3 aromatic rings. The molecule has 0 spiro atoms. The number of benzene rings is 2. The van der Waals surface area contributed by atoms with Crippen molar-refractivity contribution in [3.05, 3.63) is 77.6 Å². The minimum Gasteiger partial charge on any atom is -0.507 e. The zero-order chi connectivity index (χ0) is 42.2. The highest BCUT2D eigenvalue weighted by atomic mass is 35.5. The normalized spacial score (nSPS) is 17.9. The first-order valence-electron chi connectivity index (χ1n) is 18.4. The Labute approximate surface area is 336 Å². The number of fused-ring (bicyclic) bond motifs is 1. The molecule has 16 nitrogen and oxygen atoms in total. The number of hydrogen-bond donors (Lipinski definition) is 9. The van der Waals surface area contributed by atoms with Crippen molar-refractivity contribution in [1.29, 1.82) is 0 Å². The van der Waals surface area contributed by atoms with Crippen LogP contribution in [-0.4, -0.2) is 110 Å². The highest BCUT2D eigenvalue weighted by molar-refractivity contribution is 6.23. The predicted molar refractivity (Wildman–Crippen MR) is 220 cm³/mol. The first-order valence-corrected chi connectivity index (χ1v) is 18.9. The first kappa shape index (κ1) is 44.2. The fourth-order valence-corrected chi connectivity index (χ4v) is 6.86. The number of aliphatic hydroxyl groups excluding tert-OH is 1. The molecular formula is C40H52ClN9O7. The molecule has 1 fully saturated rings. The Morgan fingerprint density at radius 3 is 2.47 bits per heavy atom. The van der Waals surface area contributed by atoms with Crippen LogP contribution in [0.2, 0.25) is 0 Å². The lowest BCUT2D eigenvalue weighted by Crippen LogP contribution is -2.61. The van der Waals surface area contributed by atoms with Gasteiger partial charge in [-0.1, -0.05) is 24.8 Å². The lowest BCUT2D eigenvalue weighted by Gasteiger charge is -2.35. The van der Waals surface area contributed by atoms with Crippen molar-refractivity contribution in [3.63, 3.8) is 0 Å². The number of amides is 4. The summed E-state index contributed by atoms with van der Waals surface area (Å²) >= 11 is 6.74. The third-order valence-electron chi connectivity index (χ3n) is 9.65. The Bertz CT molecular complexity index is 2080. The molecule has 1 aliphatic rings. The Balaban J connectivity index is 1.72. The number of allylic oxidation sites excluding steroid dienone is 2. The average Bonchev–Trinajstić information content (AvgIpc) is 3.49. The van der Waals surface area contributed by atoms with Crippen LogP contribution >= 0.6 is 11.6 Å². The van der Waals surface area contributed by atoms with Crippen molar-refractivity contribution in [3.8, 4) is 16.9 Å². The van der Waals surface area contributed by atoms with Gasteiger partial charge in [-0.25, -0.2) is 0 Å². The van der Waals surface area contributed by atoms with Crippen LogP contribution in [0.15, 0.2) is 71.5 Å². The molecule has 4 rings (SSSR count). The van der Waals surface area contributed by atoms with Gasteiger partial charge in [-0.05, 0) is 88.9 Å². The second-order valence-electron chi connectivity index (χ2n) is 14.5. The van der Waals surface area contributed by atoms with Gasteiger partial charge in [0.2, 0.25) is 11.8 Å². The van der Waals surface area contributed by atoms with E-state index in [0.717, 1.165) is 4.90 Å². The maximum Gasteiger partial charge on any atom is 0.267 e. The molecule has 0 aliphatic carbocycles. The molecule has 306 valence electrons. The van der Waals surface area contributed by atoms with Crippen molar-refractivity contribution in [2.45, 2.75) is 76.1 Å². The van der Waals surface area contributed by atoms with Crippen molar-refractivity contribution in [2.24, 2.45) is 22.2 Å². The number of nitrogens with two attached hydrogens (primary N) is 3. The minimum absolute atomic E-state index is 0.00475. The van der Waals surface area contributed by atoms with Crippen LogP contribution in [-0.2, 0) is 14.4 Å². The van der Waals surface area contributed by atoms with Crippen molar-refractivity contribution in [2.75, 3.05) is 26.2 Å². The molecule has 2 heterocycles. The number of nitrogens with zero attached hydrogens (tertiary/aromatic N) is 3. The van der Waals surface area contributed by atoms with Gasteiger partial charge < -0.3 is 53.4 Å². The van der Waals surface area contributed by atoms with E-state index in [1.54, 1.807) is 27.0 Å². The molecule has 1 aliphatic heterocycles. The summed E-state index contributed by atoms with van der Waals surface area (Å²) in [6.07, 6.45) is 1.29. The summed E-state index contributed by atoms with van der Waals surface area (Å²) in [6.45, 7) is 10.6. The van der Waals surface area contributed by atoms with Gasteiger partial charge >= 0.3 is 0 Å². The summed E-state index contributed by atoms with van der Waals surface area (Å²) in [5.41, 5.74) is 17.9. The van der Waals surface area contributed by atoms with E-state index in [1.165, 1.54) is 25.1 Å². The lowest BCUT2D eigenvalue weighted by molar-refractivity contribution is -0.145. The summed E-state index contributed by atoms with van der Waals surface area (Å²) in [5, 5.41) is 40.6. The molecule has 0 bridgehead atoms. The van der Waals surface area contributed by atoms with Gasteiger partial charge in [0, 0.05) is 46.9 Å². The largest absolute Gasteiger partial charge is 0.507 e. The van der Waals surface area contributed by atoms with E-state index in [4.69, 9.17) is 28.8 Å². The highest BCUT2D eigenvalue weighted by Crippen LogP contribution is 2.39. The number of likely N-dealkylation sites (tertiary alicyclic amines) is 1. The second kappa shape index (κ2) is 19.1. The van der Waals surface area contributed by atoms with Crippen LogP contribution in [0, 0.1) is 0 Å². The van der Waals surface area contributed by atoms with Gasteiger partial charge in [-0.2, -0.15) is 0 Å². The number of halogens is 1. The Kier molecular flexibility index (Phi) is 14.8. The molecule has 2 aromatic carbocycles. The van der Waals surface area contributed by atoms with E-state index in [-0.39, 0.29) is 41.5 Å². The summed E-state index contributed by atoms with van der Waals surface area (Å²) in [6, 6.07) is 8.12. The number of aliphatic imine (C=N–C) groups is 1. The quantitative estimate of drug-likeness (QED) is 0.0330. The summed E-state index contributed by atoms with van der Waals surface area (Å²) in [7, 11) is 0. The number of phenolic OH excluding ortho intramolecular Hbond substituents is 1. The maximum atomic E-state index is 14.5. The topological polar surface area (TPSA) is 272 Å². The number of alkyl halides is 1. The Morgan fingerprint density at radius 1 is 1.12 bits per heavy atom. The van der Waals surface area contributed by atoms with Gasteiger partial charge in [0.25, 0.3) is 11.8 Å². The van der Waals surface area contributed by atoms with E-state index < -0.39 is 59.3 Å². The van der Waals surface area contributed by atoms with Crippen LogP contribution in [0.5, 0.6) is 5.75 Å². The highest BCUT2D eigenvalue weighted by Gasteiger charge is 2.52. The molecule has 1 aromatic heterocycles. The van der Waals surface area contributed by atoms with Crippen molar-refractivity contribution < 1.29 is 34.5 Å². The number of aliphatic hydroxyl groups is 2.